The summed E-state index contributed by atoms with van der Waals surface area (Å²) in [6.45, 7) is 4.54. The van der Waals surface area contributed by atoms with Gasteiger partial charge in [0.2, 0.25) is 0 Å². The number of amides is 1. The van der Waals surface area contributed by atoms with Crippen LogP contribution in [0, 0.1) is 0 Å². The number of carbonyl (C=O) groups is 1. The van der Waals surface area contributed by atoms with Crippen molar-refractivity contribution < 1.29 is 13.2 Å². The summed E-state index contributed by atoms with van der Waals surface area (Å²) in [7, 11) is -3.18. The molecule has 3 aromatic rings. The van der Waals surface area contributed by atoms with Gasteiger partial charge in [0.1, 0.15) is 4.88 Å². The number of sulfone groups is 1. The van der Waals surface area contributed by atoms with Gasteiger partial charge in [-0.1, -0.05) is 72.9 Å². The molecule has 1 unspecified atom stereocenters. The molecule has 9 heteroatoms. The topological polar surface area (TPSA) is 54.5 Å². The van der Waals surface area contributed by atoms with Crippen molar-refractivity contribution >= 4 is 72.0 Å². The lowest BCUT2D eigenvalue weighted by Gasteiger charge is -2.28. The van der Waals surface area contributed by atoms with Gasteiger partial charge in [-0.2, -0.15) is 0 Å². The van der Waals surface area contributed by atoms with Crippen molar-refractivity contribution in [3.63, 3.8) is 0 Å². The Morgan fingerprint density at radius 2 is 1.84 bits per heavy atom. The molecule has 4 rings (SSSR count). The van der Waals surface area contributed by atoms with E-state index in [1.807, 2.05) is 24.3 Å². The monoisotopic (exact) mass is 529 g/mol. The number of fused-ring (bicyclic) bond motifs is 1. The molecule has 32 heavy (non-hydrogen) atoms. The van der Waals surface area contributed by atoms with Crippen LogP contribution in [0.1, 0.15) is 47.0 Å². The van der Waals surface area contributed by atoms with Gasteiger partial charge >= 0.3 is 0 Å². The molecule has 0 bridgehead atoms. The number of carbonyl (C=O) groups excluding carboxylic acids is 1. The van der Waals surface area contributed by atoms with Crippen LogP contribution in [0.4, 0.5) is 0 Å². The van der Waals surface area contributed by atoms with Gasteiger partial charge in [-0.3, -0.25) is 4.79 Å². The van der Waals surface area contributed by atoms with Crippen LogP contribution < -0.4 is 0 Å². The standard InChI is InChI=1S/C23H22Cl3NO3S2/c1-13(2)15-5-3-14(4-6-15)11-27(17-7-8-32(29,30)12-17)23(28)22-21(26)20-18(25)9-16(24)10-19(20)31-22/h3-6,9-10,13,17H,7-8,11-12H2,1-2H3. The van der Waals surface area contributed by atoms with Gasteiger partial charge in [-0.05, 0) is 35.6 Å². The normalized spacial score (nSPS) is 17.9. The van der Waals surface area contributed by atoms with Gasteiger partial charge in [-0.25, -0.2) is 8.42 Å². The summed E-state index contributed by atoms with van der Waals surface area (Å²) in [5, 5.41) is 1.71. The quantitative estimate of drug-likeness (QED) is 0.364. The van der Waals surface area contributed by atoms with Crippen molar-refractivity contribution in [2.75, 3.05) is 11.5 Å². The maximum atomic E-state index is 13.7. The first-order valence-corrected chi connectivity index (χ1v) is 14.0. The maximum absolute atomic E-state index is 13.7. The third kappa shape index (κ3) is 4.80. The highest BCUT2D eigenvalue weighted by molar-refractivity contribution is 7.91. The smallest absolute Gasteiger partial charge is 0.266 e. The van der Waals surface area contributed by atoms with Crippen LogP contribution in [0.2, 0.25) is 15.1 Å². The zero-order chi connectivity index (χ0) is 23.2. The lowest BCUT2D eigenvalue weighted by atomic mass is 10.0. The van der Waals surface area contributed by atoms with Crippen LogP contribution in [0.3, 0.4) is 0 Å². The molecule has 1 aliphatic heterocycles. The van der Waals surface area contributed by atoms with E-state index in [2.05, 4.69) is 13.8 Å². The van der Waals surface area contributed by atoms with Gasteiger partial charge in [0.15, 0.2) is 9.84 Å². The molecule has 0 N–H and O–H groups in total. The molecular weight excluding hydrogens is 509 g/mol. The molecule has 4 nitrogen and oxygen atoms in total. The second-order valence-corrected chi connectivity index (χ2v) is 12.9. The second kappa shape index (κ2) is 9.15. The lowest BCUT2D eigenvalue weighted by Crippen LogP contribution is -2.40. The van der Waals surface area contributed by atoms with Gasteiger partial charge in [-0.15, -0.1) is 11.3 Å². The highest BCUT2D eigenvalue weighted by Gasteiger charge is 2.36. The predicted molar refractivity (Wildman–Crippen MR) is 134 cm³/mol. The van der Waals surface area contributed by atoms with Crippen molar-refractivity contribution in [1.82, 2.24) is 4.90 Å². The van der Waals surface area contributed by atoms with Crippen LogP contribution in [0.15, 0.2) is 36.4 Å². The number of rotatable bonds is 5. The minimum absolute atomic E-state index is 0.0437. The van der Waals surface area contributed by atoms with Gasteiger partial charge in [0.25, 0.3) is 5.91 Å². The molecule has 2 aromatic carbocycles. The Labute approximate surface area is 207 Å². The number of hydrogen-bond donors (Lipinski definition) is 0. The van der Waals surface area contributed by atoms with E-state index in [0.29, 0.717) is 39.2 Å². The molecular formula is C23H22Cl3NO3S2. The van der Waals surface area contributed by atoms with E-state index in [1.165, 1.54) is 16.9 Å². The Bertz CT molecular complexity index is 1280. The van der Waals surface area contributed by atoms with E-state index < -0.39 is 15.9 Å². The van der Waals surface area contributed by atoms with Gasteiger partial charge < -0.3 is 4.90 Å². The summed E-state index contributed by atoms with van der Waals surface area (Å²) < 4.78 is 25.1. The van der Waals surface area contributed by atoms with E-state index in [9.17, 15) is 13.2 Å². The van der Waals surface area contributed by atoms with Crippen LogP contribution in [0.5, 0.6) is 0 Å². The van der Waals surface area contributed by atoms with E-state index in [-0.39, 0.29) is 22.4 Å². The Morgan fingerprint density at radius 3 is 2.44 bits per heavy atom. The third-order valence-corrected chi connectivity index (χ3v) is 9.63. The Hall–Kier alpha value is -1.31. The minimum Gasteiger partial charge on any atom is -0.330 e. The van der Waals surface area contributed by atoms with Crippen molar-refractivity contribution in [2.24, 2.45) is 0 Å². The fraction of sp³-hybridized carbons (Fsp3) is 0.348. The third-order valence-electron chi connectivity index (χ3n) is 5.75. The van der Waals surface area contributed by atoms with Gasteiger partial charge in [0.05, 0.1) is 21.6 Å². The lowest BCUT2D eigenvalue weighted by molar-refractivity contribution is 0.0686. The summed E-state index contributed by atoms with van der Waals surface area (Å²) in [4.78, 5) is 15.7. The zero-order valence-corrected chi connectivity index (χ0v) is 21.5. The average molecular weight is 531 g/mol. The number of halogens is 3. The fourth-order valence-corrected chi connectivity index (χ4v) is 8.03. The largest absolute Gasteiger partial charge is 0.330 e. The van der Waals surface area contributed by atoms with Crippen LogP contribution >= 0.6 is 46.1 Å². The number of thiophene rings is 1. The molecule has 170 valence electrons. The SMILES string of the molecule is CC(C)c1ccc(CN(C(=O)c2sc3cc(Cl)cc(Cl)c3c2Cl)C2CCS(=O)(=O)C2)cc1. The summed E-state index contributed by atoms with van der Waals surface area (Å²) in [5.74, 6) is 0.141. The van der Waals surface area contributed by atoms with E-state index in [4.69, 9.17) is 34.8 Å². The first-order valence-electron chi connectivity index (χ1n) is 10.2. The van der Waals surface area contributed by atoms with E-state index in [0.717, 1.165) is 10.3 Å². The van der Waals surface area contributed by atoms with Gasteiger partial charge in [0, 0.05) is 27.7 Å². The van der Waals surface area contributed by atoms with Crippen LogP contribution in [-0.2, 0) is 16.4 Å². The zero-order valence-electron chi connectivity index (χ0n) is 17.6. The first-order chi connectivity index (χ1) is 15.1. The molecule has 0 spiro atoms. The highest BCUT2D eigenvalue weighted by atomic mass is 35.5. The minimum atomic E-state index is -3.18. The van der Waals surface area contributed by atoms with Crippen LogP contribution in [0.25, 0.3) is 10.1 Å². The van der Waals surface area contributed by atoms with Crippen molar-refractivity contribution in [3.8, 4) is 0 Å². The molecule has 1 atom stereocenters. The Balaban J connectivity index is 1.73. The van der Waals surface area contributed by atoms with Crippen LogP contribution in [-0.4, -0.2) is 36.8 Å². The number of nitrogens with zero attached hydrogens (tertiary/aromatic N) is 1. The predicted octanol–water partition coefficient (Wildman–Crippen LogP) is 6.81. The number of hydrogen-bond acceptors (Lipinski definition) is 4. The van der Waals surface area contributed by atoms with Crippen molar-refractivity contribution in [3.05, 3.63) is 67.5 Å². The summed E-state index contributed by atoms with van der Waals surface area (Å²) >= 11 is 20.3. The highest BCUT2D eigenvalue weighted by Crippen LogP contribution is 2.42. The Kier molecular flexibility index (Phi) is 6.81. The number of benzene rings is 2. The summed E-state index contributed by atoms with van der Waals surface area (Å²) in [5.41, 5.74) is 2.14. The summed E-state index contributed by atoms with van der Waals surface area (Å²) in [6.07, 6.45) is 0.410. The average Bonchev–Trinajstić information content (AvgIpc) is 3.25. The molecule has 2 heterocycles. The maximum Gasteiger partial charge on any atom is 0.266 e. The molecule has 0 saturated carbocycles. The van der Waals surface area contributed by atoms with E-state index >= 15 is 0 Å². The van der Waals surface area contributed by atoms with Crippen molar-refractivity contribution in [2.45, 2.75) is 38.8 Å². The molecule has 1 amide bonds. The first kappa shape index (κ1) is 23.8. The van der Waals surface area contributed by atoms with Crippen molar-refractivity contribution in [1.29, 1.82) is 0 Å². The molecule has 0 radical (unpaired) electrons. The molecule has 1 aliphatic rings. The second-order valence-electron chi connectivity index (χ2n) is 8.39. The molecule has 0 aliphatic carbocycles. The molecule has 1 saturated heterocycles. The molecule has 1 fully saturated rings. The molecule has 1 aromatic heterocycles. The Morgan fingerprint density at radius 1 is 1.16 bits per heavy atom. The van der Waals surface area contributed by atoms with E-state index in [1.54, 1.807) is 17.0 Å². The summed E-state index contributed by atoms with van der Waals surface area (Å²) in [6, 6.07) is 11.0. The fourth-order valence-electron chi connectivity index (χ4n) is 3.97.